The fourth-order valence-corrected chi connectivity index (χ4v) is 8.99. The summed E-state index contributed by atoms with van der Waals surface area (Å²) < 4.78 is 2.62. The molecule has 0 aliphatic carbocycles. The lowest BCUT2D eigenvalue weighted by atomic mass is 9.92. The molecule has 1 nitrogen and oxygen atoms in total. The summed E-state index contributed by atoms with van der Waals surface area (Å²) in [6.45, 7) is 0. The fourth-order valence-electron chi connectivity index (χ4n) is 7.59. The molecule has 51 heavy (non-hydrogen) atoms. The van der Waals surface area contributed by atoms with Crippen molar-refractivity contribution in [1.29, 1.82) is 0 Å². The number of thiophene rings is 1. The average molecular weight is 666 g/mol. The summed E-state index contributed by atoms with van der Waals surface area (Å²) in [6.07, 6.45) is 0. The van der Waals surface area contributed by atoms with Crippen molar-refractivity contribution in [1.82, 2.24) is 4.98 Å². The Morgan fingerprint density at radius 3 is 1.51 bits per heavy atom. The third kappa shape index (κ3) is 5.12. The van der Waals surface area contributed by atoms with Gasteiger partial charge in [0.2, 0.25) is 0 Å². The number of para-hydroxylation sites is 1. The topological polar surface area (TPSA) is 12.9 Å². The second-order valence-corrected chi connectivity index (χ2v) is 14.1. The zero-order chi connectivity index (χ0) is 33.7. The van der Waals surface area contributed by atoms with Crippen LogP contribution in [0.4, 0.5) is 0 Å². The molecule has 0 fully saturated rings. The predicted molar refractivity (Wildman–Crippen MR) is 219 cm³/mol. The number of fused-ring (bicyclic) bond motifs is 7. The summed E-state index contributed by atoms with van der Waals surface area (Å²) >= 11 is 1.90. The van der Waals surface area contributed by atoms with Crippen molar-refractivity contribution in [2.24, 2.45) is 0 Å². The molecule has 0 saturated carbocycles. The zero-order valence-corrected chi connectivity index (χ0v) is 28.6. The first kappa shape index (κ1) is 29.6. The maximum atomic E-state index is 5.19. The molecule has 10 aromatic rings. The van der Waals surface area contributed by atoms with Crippen molar-refractivity contribution in [2.45, 2.75) is 0 Å². The van der Waals surface area contributed by atoms with Gasteiger partial charge in [-0.15, -0.1) is 11.3 Å². The van der Waals surface area contributed by atoms with E-state index < -0.39 is 0 Å². The first-order valence-electron chi connectivity index (χ1n) is 17.4. The van der Waals surface area contributed by atoms with Gasteiger partial charge in [-0.2, -0.15) is 0 Å². The first-order chi connectivity index (χ1) is 25.3. The Morgan fingerprint density at radius 2 is 0.804 bits per heavy atom. The van der Waals surface area contributed by atoms with E-state index in [1.807, 2.05) is 11.3 Å². The van der Waals surface area contributed by atoms with Crippen LogP contribution < -0.4 is 0 Å². The maximum Gasteiger partial charge on any atom is 0.0788 e. The van der Waals surface area contributed by atoms with Gasteiger partial charge in [0.15, 0.2) is 0 Å². The molecule has 2 heterocycles. The fraction of sp³-hybridized carbons (Fsp3) is 0. The molecule has 2 aromatic heterocycles. The Bertz CT molecular complexity index is 2830. The van der Waals surface area contributed by atoms with E-state index in [0.717, 1.165) is 16.8 Å². The first-order valence-corrected chi connectivity index (χ1v) is 18.2. The van der Waals surface area contributed by atoms with E-state index in [1.165, 1.54) is 80.8 Å². The number of hydrogen-bond donors (Lipinski definition) is 0. The van der Waals surface area contributed by atoms with Gasteiger partial charge < -0.3 is 0 Å². The molecule has 0 bridgehead atoms. The summed E-state index contributed by atoms with van der Waals surface area (Å²) in [7, 11) is 0. The highest BCUT2D eigenvalue weighted by Gasteiger charge is 2.18. The molecule has 0 aliphatic rings. The van der Waals surface area contributed by atoms with Crippen molar-refractivity contribution in [3.63, 3.8) is 0 Å². The number of benzene rings is 8. The van der Waals surface area contributed by atoms with E-state index in [4.69, 9.17) is 4.98 Å². The SMILES string of the molecule is c1ccc(-c2cc(-c3ccccc3)cc(-c3cccc(-c4cccc5c4sc4c5ccc5c(-c6ccccc6)nc6ccccc6c54)c3)c2)cc1. The summed E-state index contributed by atoms with van der Waals surface area (Å²) in [6, 6.07) is 67.9. The lowest BCUT2D eigenvalue weighted by molar-refractivity contribution is 1.43. The van der Waals surface area contributed by atoms with E-state index in [-0.39, 0.29) is 0 Å². The van der Waals surface area contributed by atoms with Gasteiger partial charge in [-0.05, 0) is 74.8 Å². The Labute approximate surface area is 300 Å². The highest BCUT2D eigenvalue weighted by molar-refractivity contribution is 7.27. The molecular weight excluding hydrogens is 635 g/mol. The van der Waals surface area contributed by atoms with Crippen LogP contribution in [0.25, 0.3) is 97.6 Å². The summed E-state index contributed by atoms with van der Waals surface area (Å²) in [5, 5.41) is 6.25. The third-order valence-electron chi connectivity index (χ3n) is 10.0. The van der Waals surface area contributed by atoms with E-state index in [2.05, 4.69) is 188 Å². The molecule has 10 rings (SSSR count). The van der Waals surface area contributed by atoms with E-state index in [1.54, 1.807) is 0 Å². The van der Waals surface area contributed by atoms with Crippen LogP contribution in [0.1, 0.15) is 0 Å². The quantitative estimate of drug-likeness (QED) is 0.167. The molecule has 0 unspecified atom stereocenters. The van der Waals surface area contributed by atoms with Crippen LogP contribution in [-0.2, 0) is 0 Å². The van der Waals surface area contributed by atoms with Gasteiger partial charge in [0.25, 0.3) is 0 Å². The average Bonchev–Trinajstić information content (AvgIpc) is 3.60. The molecule has 2 heteroatoms. The van der Waals surface area contributed by atoms with Gasteiger partial charge >= 0.3 is 0 Å². The Morgan fingerprint density at radius 1 is 0.314 bits per heavy atom. The van der Waals surface area contributed by atoms with Crippen molar-refractivity contribution in [3.8, 4) is 55.8 Å². The molecule has 0 aliphatic heterocycles. The Hall–Kier alpha value is -6.35. The second kappa shape index (κ2) is 12.2. The van der Waals surface area contributed by atoms with Gasteiger partial charge in [-0.1, -0.05) is 158 Å². The predicted octanol–water partition coefficient (Wildman–Crippen LogP) is 14.1. The van der Waals surface area contributed by atoms with E-state index in [9.17, 15) is 0 Å². The maximum absolute atomic E-state index is 5.19. The molecule has 8 aromatic carbocycles. The third-order valence-corrected chi connectivity index (χ3v) is 11.3. The lowest BCUT2D eigenvalue weighted by Crippen LogP contribution is -1.89. The monoisotopic (exact) mass is 665 g/mol. The van der Waals surface area contributed by atoms with Gasteiger partial charge in [0.05, 0.1) is 11.2 Å². The summed E-state index contributed by atoms with van der Waals surface area (Å²) in [5.74, 6) is 0. The molecule has 0 amide bonds. The Kier molecular flexibility index (Phi) is 7.07. The van der Waals surface area contributed by atoms with Gasteiger partial charge in [0, 0.05) is 41.9 Å². The van der Waals surface area contributed by atoms with Crippen LogP contribution in [0.5, 0.6) is 0 Å². The van der Waals surface area contributed by atoms with Crippen molar-refractivity contribution in [3.05, 3.63) is 188 Å². The van der Waals surface area contributed by atoms with Crippen LogP contribution >= 0.6 is 11.3 Å². The minimum atomic E-state index is 1.02. The standard InChI is InChI=1S/C49H31NS/c1-4-14-32(15-5-1)37-29-38(33-16-6-2-7-17-33)31-39(30-37)35-20-12-21-36(28-35)40-23-13-24-41-42-26-27-44-46(49(42)51-48(40)41)43-22-10-11-25-45(43)50-47(44)34-18-8-3-9-19-34/h1-31H. The van der Waals surface area contributed by atoms with Crippen LogP contribution in [-0.4, -0.2) is 4.98 Å². The van der Waals surface area contributed by atoms with Crippen molar-refractivity contribution >= 4 is 53.2 Å². The molecule has 0 spiro atoms. The number of pyridine rings is 1. The van der Waals surface area contributed by atoms with Crippen LogP contribution in [0.15, 0.2) is 188 Å². The number of rotatable bonds is 5. The highest BCUT2D eigenvalue weighted by Crippen LogP contribution is 2.46. The smallest absolute Gasteiger partial charge is 0.0788 e. The van der Waals surface area contributed by atoms with Gasteiger partial charge in [0.1, 0.15) is 0 Å². The zero-order valence-electron chi connectivity index (χ0n) is 27.8. The largest absolute Gasteiger partial charge is 0.247 e. The highest BCUT2D eigenvalue weighted by atomic mass is 32.1. The second-order valence-electron chi connectivity index (χ2n) is 13.1. The molecular formula is C49H31NS. The molecule has 0 radical (unpaired) electrons. The van der Waals surface area contributed by atoms with Crippen molar-refractivity contribution in [2.75, 3.05) is 0 Å². The van der Waals surface area contributed by atoms with Crippen LogP contribution in [0, 0.1) is 0 Å². The van der Waals surface area contributed by atoms with Gasteiger partial charge in [-0.25, -0.2) is 4.98 Å². The number of aromatic nitrogens is 1. The summed E-state index contributed by atoms with van der Waals surface area (Å²) in [4.78, 5) is 5.19. The van der Waals surface area contributed by atoms with Crippen molar-refractivity contribution < 1.29 is 0 Å². The summed E-state index contributed by atoms with van der Waals surface area (Å²) in [5.41, 5.74) is 12.9. The van der Waals surface area contributed by atoms with Crippen LogP contribution in [0.2, 0.25) is 0 Å². The lowest BCUT2D eigenvalue weighted by Gasteiger charge is -2.12. The molecule has 238 valence electrons. The normalized spacial score (nSPS) is 11.5. The van der Waals surface area contributed by atoms with Crippen LogP contribution in [0.3, 0.4) is 0 Å². The van der Waals surface area contributed by atoms with E-state index >= 15 is 0 Å². The Balaban J connectivity index is 1.17. The van der Waals surface area contributed by atoms with Gasteiger partial charge in [-0.3, -0.25) is 0 Å². The van der Waals surface area contributed by atoms with E-state index in [0.29, 0.717) is 0 Å². The molecule has 0 atom stereocenters. The number of nitrogens with zero attached hydrogens (tertiary/aromatic N) is 1. The molecule has 0 saturated heterocycles. The minimum absolute atomic E-state index is 1.02. The molecule has 0 N–H and O–H groups in total. The number of hydrogen-bond acceptors (Lipinski definition) is 2. The minimum Gasteiger partial charge on any atom is -0.247 e.